The summed E-state index contributed by atoms with van der Waals surface area (Å²) in [6.07, 6.45) is 4.20. The van der Waals surface area contributed by atoms with Gasteiger partial charge in [-0.25, -0.2) is 4.98 Å². The summed E-state index contributed by atoms with van der Waals surface area (Å²) >= 11 is 0. The summed E-state index contributed by atoms with van der Waals surface area (Å²) in [5, 5.41) is 0. The molecule has 3 aromatic rings. The number of ether oxygens (including phenoxy) is 2. The van der Waals surface area contributed by atoms with Gasteiger partial charge in [0.1, 0.15) is 11.5 Å². The molecule has 34 heavy (non-hydrogen) atoms. The van der Waals surface area contributed by atoms with Gasteiger partial charge in [0.25, 0.3) is 5.91 Å². The lowest BCUT2D eigenvalue weighted by atomic mass is 10.0. The minimum atomic E-state index is -0.0651. The summed E-state index contributed by atoms with van der Waals surface area (Å²) in [5.74, 6) is 2.51. The van der Waals surface area contributed by atoms with Gasteiger partial charge in [-0.1, -0.05) is 24.3 Å². The second-order valence-electron chi connectivity index (χ2n) is 8.90. The molecule has 1 fully saturated rings. The van der Waals surface area contributed by atoms with Crippen LogP contribution in [0.3, 0.4) is 0 Å². The van der Waals surface area contributed by atoms with Crippen LogP contribution in [-0.2, 0) is 13.0 Å². The zero-order chi connectivity index (χ0) is 23.5. The Morgan fingerprint density at radius 3 is 2.59 bits per heavy atom. The maximum absolute atomic E-state index is 13.4. The van der Waals surface area contributed by atoms with Gasteiger partial charge < -0.3 is 19.3 Å². The molecule has 0 N–H and O–H groups in total. The minimum Gasteiger partial charge on any atom is -0.496 e. The first kappa shape index (κ1) is 22.2. The summed E-state index contributed by atoms with van der Waals surface area (Å²) in [4.78, 5) is 27.2. The van der Waals surface area contributed by atoms with E-state index in [2.05, 4.69) is 4.90 Å². The van der Waals surface area contributed by atoms with Crippen molar-refractivity contribution in [3.05, 3.63) is 70.9 Å². The third-order valence-corrected chi connectivity index (χ3v) is 6.48. The lowest BCUT2D eigenvalue weighted by Gasteiger charge is -2.32. The first-order chi connectivity index (χ1) is 16.6. The molecule has 0 bridgehead atoms. The third-order valence-electron chi connectivity index (χ3n) is 6.48. The van der Waals surface area contributed by atoms with Crippen LogP contribution < -0.4 is 14.4 Å². The Kier molecular flexibility index (Phi) is 6.34. The fraction of sp³-hybridized carbons (Fsp3) is 0.370. The lowest BCUT2D eigenvalue weighted by molar-refractivity contribution is 0.0728. The molecular formula is C27H30N4O3. The molecule has 0 unspecified atom stereocenters. The number of methoxy groups -OCH3 is 1. The number of benzene rings is 2. The number of rotatable bonds is 5. The van der Waals surface area contributed by atoms with Gasteiger partial charge in [-0.15, -0.1) is 0 Å². The molecule has 0 atom stereocenters. The maximum Gasteiger partial charge on any atom is 0.257 e. The van der Waals surface area contributed by atoms with Crippen LogP contribution >= 0.6 is 0 Å². The Balaban J connectivity index is 1.49. The van der Waals surface area contributed by atoms with Crippen molar-refractivity contribution in [1.82, 2.24) is 14.9 Å². The number of nitrogens with zero attached hydrogens (tertiary/aromatic N) is 4. The van der Waals surface area contributed by atoms with Crippen LogP contribution in [0.1, 0.15) is 46.4 Å². The van der Waals surface area contributed by atoms with Crippen molar-refractivity contribution in [3.8, 4) is 17.4 Å². The lowest BCUT2D eigenvalue weighted by Crippen LogP contribution is -2.38. The number of hydrogen-bond donors (Lipinski definition) is 0. The normalized spacial score (nSPS) is 15.6. The van der Waals surface area contributed by atoms with Gasteiger partial charge in [-0.05, 0) is 56.0 Å². The molecular weight excluding hydrogens is 428 g/mol. The molecule has 0 spiro atoms. The van der Waals surface area contributed by atoms with Crippen LogP contribution in [0.4, 0.5) is 5.95 Å². The number of aryl methyl sites for hydroxylation is 1. The van der Waals surface area contributed by atoms with E-state index in [0.29, 0.717) is 36.7 Å². The van der Waals surface area contributed by atoms with Crippen molar-refractivity contribution in [2.45, 2.75) is 39.2 Å². The van der Waals surface area contributed by atoms with E-state index in [9.17, 15) is 4.79 Å². The van der Waals surface area contributed by atoms with Gasteiger partial charge in [0.2, 0.25) is 11.8 Å². The molecule has 176 valence electrons. The fourth-order valence-electron chi connectivity index (χ4n) is 4.65. The number of piperidine rings is 1. The van der Waals surface area contributed by atoms with Gasteiger partial charge in [0, 0.05) is 26.1 Å². The molecule has 0 saturated carbocycles. The Labute approximate surface area is 200 Å². The smallest absolute Gasteiger partial charge is 0.257 e. The molecule has 7 heteroatoms. The molecule has 5 rings (SSSR count). The van der Waals surface area contributed by atoms with Crippen molar-refractivity contribution < 1.29 is 14.3 Å². The number of aromatic nitrogens is 2. The van der Waals surface area contributed by atoms with Gasteiger partial charge in [0.15, 0.2) is 0 Å². The summed E-state index contributed by atoms with van der Waals surface area (Å²) in [5.41, 5.74) is 3.50. The van der Waals surface area contributed by atoms with Crippen LogP contribution in [0.2, 0.25) is 0 Å². The van der Waals surface area contributed by atoms with E-state index < -0.39 is 0 Å². The maximum atomic E-state index is 13.4. The largest absolute Gasteiger partial charge is 0.496 e. The highest BCUT2D eigenvalue weighted by Gasteiger charge is 2.29. The molecule has 1 aromatic heterocycles. The molecule has 7 nitrogen and oxygen atoms in total. The first-order valence-corrected chi connectivity index (χ1v) is 11.9. The molecule has 1 amide bonds. The number of hydrogen-bond acceptors (Lipinski definition) is 6. The van der Waals surface area contributed by atoms with Crippen LogP contribution in [0.15, 0.2) is 48.5 Å². The fourth-order valence-corrected chi connectivity index (χ4v) is 4.65. The first-order valence-electron chi connectivity index (χ1n) is 11.9. The Hall–Kier alpha value is -3.61. The van der Waals surface area contributed by atoms with E-state index >= 15 is 0 Å². The van der Waals surface area contributed by atoms with E-state index in [0.717, 1.165) is 54.4 Å². The molecule has 2 aliphatic rings. The molecule has 0 aliphatic carbocycles. The van der Waals surface area contributed by atoms with Gasteiger partial charge in [-0.2, -0.15) is 4.98 Å². The predicted octanol–water partition coefficient (Wildman–Crippen LogP) is 4.77. The van der Waals surface area contributed by atoms with Gasteiger partial charge in [0.05, 0.1) is 30.5 Å². The average molecular weight is 459 g/mol. The van der Waals surface area contributed by atoms with E-state index in [1.165, 1.54) is 6.42 Å². The van der Waals surface area contributed by atoms with Crippen molar-refractivity contribution in [2.24, 2.45) is 0 Å². The summed E-state index contributed by atoms with van der Waals surface area (Å²) in [6.45, 7) is 4.94. The average Bonchev–Trinajstić information content (AvgIpc) is 2.88. The third kappa shape index (κ3) is 4.55. The van der Waals surface area contributed by atoms with E-state index in [4.69, 9.17) is 19.4 Å². The monoisotopic (exact) mass is 458 g/mol. The Morgan fingerprint density at radius 1 is 0.971 bits per heavy atom. The van der Waals surface area contributed by atoms with E-state index in [1.807, 2.05) is 54.3 Å². The topological polar surface area (TPSA) is 67.8 Å². The number of carbonyl (C=O) groups is 1. The highest BCUT2D eigenvalue weighted by Crippen LogP contribution is 2.33. The predicted molar refractivity (Wildman–Crippen MR) is 131 cm³/mol. The SMILES string of the molecule is COc1ccccc1C(=O)N1CCc2nc(N3CCCCC3)nc(Oc3cccc(C)c3)c2C1. The number of amides is 1. The minimum absolute atomic E-state index is 0.0651. The van der Waals surface area contributed by atoms with Crippen LogP contribution in [0, 0.1) is 6.92 Å². The highest BCUT2D eigenvalue weighted by molar-refractivity contribution is 5.97. The second kappa shape index (κ2) is 9.71. The number of para-hydroxylation sites is 1. The van der Waals surface area contributed by atoms with Crippen molar-refractivity contribution in [1.29, 1.82) is 0 Å². The summed E-state index contributed by atoms with van der Waals surface area (Å²) in [7, 11) is 1.58. The molecule has 2 aromatic carbocycles. The number of anilines is 1. The van der Waals surface area contributed by atoms with Crippen LogP contribution in [-0.4, -0.2) is 47.5 Å². The molecule has 0 radical (unpaired) electrons. The van der Waals surface area contributed by atoms with Crippen LogP contribution in [0.5, 0.6) is 17.4 Å². The molecule has 2 aliphatic heterocycles. The van der Waals surface area contributed by atoms with Gasteiger partial charge in [-0.3, -0.25) is 4.79 Å². The highest BCUT2D eigenvalue weighted by atomic mass is 16.5. The van der Waals surface area contributed by atoms with Crippen molar-refractivity contribution in [3.63, 3.8) is 0 Å². The zero-order valence-corrected chi connectivity index (χ0v) is 19.8. The standard InChI is InChI=1S/C27H30N4O3/c1-19-9-8-10-20(17-19)34-25-22-18-31(26(32)21-11-4-5-12-24(21)33-2)16-13-23(22)28-27(29-25)30-14-6-3-7-15-30/h4-5,8-12,17H,3,6-7,13-16,18H2,1-2H3. The molecule has 1 saturated heterocycles. The summed E-state index contributed by atoms with van der Waals surface area (Å²) in [6, 6.07) is 15.3. The number of fused-ring (bicyclic) bond motifs is 1. The van der Waals surface area contributed by atoms with Crippen LogP contribution in [0.25, 0.3) is 0 Å². The van der Waals surface area contributed by atoms with Gasteiger partial charge >= 0.3 is 0 Å². The summed E-state index contributed by atoms with van der Waals surface area (Å²) < 4.78 is 11.7. The second-order valence-corrected chi connectivity index (χ2v) is 8.90. The number of carbonyl (C=O) groups excluding carboxylic acids is 1. The van der Waals surface area contributed by atoms with E-state index in [-0.39, 0.29) is 5.91 Å². The Morgan fingerprint density at radius 2 is 1.79 bits per heavy atom. The van der Waals surface area contributed by atoms with Crippen molar-refractivity contribution >= 4 is 11.9 Å². The Bertz CT molecular complexity index is 1190. The zero-order valence-electron chi connectivity index (χ0n) is 19.8. The van der Waals surface area contributed by atoms with Crippen molar-refractivity contribution in [2.75, 3.05) is 31.6 Å². The molecule has 3 heterocycles. The quantitative estimate of drug-likeness (QED) is 0.548. The van der Waals surface area contributed by atoms with E-state index in [1.54, 1.807) is 13.2 Å².